The van der Waals surface area contributed by atoms with Crippen LogP contribution in [0.3, 0.4) is 0 Å². The highest BCUT2D eigenvalue weighted by Crippen LogP contribution is 2.06. The molecule has 3 heteroatoms. The van der Waals surface area contributed by atoms with Crippen molar-refractivity contribution in [1.82, 2.24) is 5.32 Å². The predicted molar refractivity (Wildman–Crippen MR) is 81.4 cm³/mol. The van der Waals surface area contributed by atoms with Gasteiger partial charge in [0.25, 0.3) is 5.91 Å². The van der Waals surface area contributed by atoms with Gasteiger partial charge in [0, 0.05) is 18.2 Å². The lowest BCUT2D eigenvalue weighted by Crippen LogP contribution is -2.34. The molecule has 0 aliphatic rings. The number of nitrogens with two attached hydrogens (primary N) is 1. The second-order valence-electron chi connectivity index (χ2n) is 4.97. The van der Waals surface area contributed by atoms with Gasteiger partial charge in [0.2, 0.25) is 0 Å². The van der Waals surface area contributed by atoms with E-state index in [9.17, 15) is 4.79 Å². The molecular formula is C17H20N2O. The van der Waals surface area contributed by atoms with Crippen LogP contribution in [0.5, 0.6) is 0 Å². The molecular weight excluding hydrogens is 248 g/mol. The van der Waals surface area contributed by atoms with Crippen LogP contribution in [0.1, 0.15) is 28.4 Å². The van der Waals surface area contributed by atoms with Gasteiger partial charge in [-0.05, 0) is 36.6 Å². The van der Waals surface area contributed by atoms with E-state index < -0.39 is 0 Å². The zero-order valence-electron chi connectivity index (χ0n) is 11.7. The molecule has 1 amide bonds. The molecule has 1 atom stereocenters. The minimum atomic E-state index is -0.0444. The van der Waals surface area contributed by atoms with Crippen LogP contribution in [0.15, 0.2) is 54.6 Å². The highest BCUT2D eigenvalue weighted by atomic mass is 16.1. The van der Waals surface area contributed by atoms with E-state index in [0.717, 1.165) is 12.0 Å². The van der Waals surface area contributed by atoms with Crippen LogP contribution in [-0.4, -0.2) is 11.9 Å². The van der Waals surface area contributed by atoms with Gasteiger partial charge in [-0.15, -0.1) is 0 Å². The molecule has 20 heavy (non-hydrogen) atoms. The fraction of sp³-hybridized carbons (Fsp3) is 0.235. The van der Waals surface area contributed by atoms with Crippen LogP contribution < -0.4 is 11.1 Å². The van der Waals surface area contributed by atoms with Crippen molar-refractivity contribution in [2.75, 3.05) is 0 Å². The first-order chi connectivity index (χ1) is 9.69. The van der Waals surface area contributed by atoms with Crippen LogP contribution in [0, 0.1) is 0 Å². The van der Waals surface area contributed by atoms with E-state index in [1.165, 1.54) is 5.56 Å². The minimum Gasteiger partial charge on any atom is -0.349 e. The van der Waals surface area contributed by atoms with Crippen LogP contribution in [0.25, 0.3) is 0 Å². The summed E-state index contributed by atoms with van der Waals surface area (Å²) in [6.45, 7) is 2.51. The molecule has 0 saturated carbocycles. The summed E-state index contributed by atoms with van der Waals surface area (Å²) in [6, 6.07) is 17.6. The third-order valence-electron chi connectivity index (χ3n) is 3.21. The van der Waals surface area contributed by atoms with E-state index in [2.05, 4.69) is 17.4 Å². The first kappa shape index (κ1) is 14.3. The molecule has 0 bridgehead atoms. The molecule has 0 aromatic heterocycles. The molecule has 0 fully saturated rings. The molecule has 0 aliphatic carbocycles. The van der Waals surface area contributed by atoms with Gasteiger partial charge in [-0.3, -0.25) is 4.79 Å². The van der Waals surface area contributed by atoms with Crippen LogP contribution in [0.2, 0.25) is 0 Å². The first-order valence-corrected chi connectivity index (χ1v) is 6.83. The number of rotatable bonds is 5. The summed E-state index contributed by atoms with van der Waals surface area (Å²) >= 11 is 0. The normalized spacial score (nSPS) is 11.9. The summed E-state index contributed by atoms with van der Waals surface area (Å²) in [7, 11) is 0. The number of amides is 1. The number of benzene rings is 2. The zero-order valence-corrected chi connectivity index (χ0v) is 11.7. The van der Waals surface area contributed by atoms with E-state index in [1.54, 1.807) is 0 Å². The number of carbonyl (C=O) groups excluding carboxylic acids is 1. The van der Waals surface area contributed by atoms with E-state index in [4.69, 9.17) is 5.73 Å². The van der Waals surface area contributed by atoms with Crippen molar-refractivity contribution in [2.45, 2.75) is 25.9 Å². The lowest BCUT2D eigenvalue weighted by Gasteiger charge is -2.14. The van der Waals surface area contributed by atoms with Crippen LogP contribution in [-0.2, 0) is 13.0 Å². The Balaban J connectivity index is 1.93. The minimum absolute atomic E-state index is 0.0444. The van der Waals surface area contributed by atoms with E-state index >= 15 is 0 Å². The Morgan fingerprint density at radius 1 is 1.05 bits per heavy atom. The van der Waals surface area contributed by atoms with Gasteiger partial charge in [-0.25, -0.2) is 0 Å². The van der Waals surface area contributed by atoms with Gasteiger partial charge in [0.05, 0.1) is 0 Å². The van der Waals surface area contributed by atoms with E-state index in [0.29, 0.717) is 12.1 Å². The van der Waals surface area contributed by atoms with Gasteiger partial charge < -0.3 is 11.1 Å². The van der Waals surface area contributed by atoms with Crippen molar-refractivity contribution in [3.05, 3.63) is 71.3 Å². The fourth-order valence-corrected chi connectivity index (χ4v) is 2.12. The third kappa shape index (κ3) is 3.93. The van der Waals surface area contributed by atoms with E-state index in [-0.39, 0.29) is 11.9 Å². The summed E-state index contributed by atoms with van der Waals surface area (Å²) in [6.07, 6.45) is 0.827. The predicted octanol–water partition coefficient (Wildman–Crippen LogP) is 2.51. The largest absolute Gasteiger partial charge is 0.349 e. The van der Waals surface area contributed by atoms with Gasteiger partial charge in [0.15, 0.2) is 0 Å². The summed E-state index contributed by atoms with van der Waals surface area (Å²) in [5.41, 5.74) is 8.46. The SMILES string of the molecule is C[C@H](Cc1ccccc1)NC(=O)c1ccc(CN)cc1. The fourth-order valence-electron chi connectivity index (χ4n) is 2.12. The molecule has 0 unspecified atom stereocenters. The van der Waals surface area contributed by atoms with Gasteiger partial charge in [-0.1, -0.05) is 42.5 Å². The number of nitrogens with one attached hydrogen (secondary N) is 1. The maximum Gasteiger partial charge on any atom is 0.251 e. The third-order valence-corrected chi connectivity index (χ3v) is 3.21. The Labute approximate surface area is 119 Å². The number of hydrogen-bond donors (Lipinski definition) is 2. The van der Waals surface area contributed by atoms with Crippen molar-refractivity contribution in [1.29, 1.82) is 0 Å². The standard InChI is InChI=1S/C17H20N2O/c1-13(11-14-5-3-2-4-6-14)19-17(20)16-9-7-15(12-18)8-10-16/h2-10,13H,11-12,18H2,1H3,(H,19,20)/t13-/m1/s1. The molecule has 3 N–H and O–H groups in total. The molecule has 0 heterocycles. The van der Waals surface area contributed by atoms with Gasteiger partial charge >= 0.3 is 0 Å². The maximum absolute atomic E-state index is 12.1. The maximum atomic E-state index is 12.1. The average molecular weight is 268 g/mol. The zero-order chi connectivity index (χ0) is 14.4. The Bertz CT molecular complexity index is 549. The lowest BCUT2D eigenvalue weighted by molar-refractivity contribution is 0.0940. The van der Waals surface area contributed by atoms with Crippen molar-refractivity contribution < 1.29 is 4.79 Å². The van der Waals surface area contributed by atoms with Crippen molar-refractivity contribution in [3.8, 4) is 0 Å². The second kappa shape index (κ2) is 6.87. The molecule has 0 aliphatic heterocycles. The number of hydrogen-bond acceptors (Lipinski definition) is 2. The quantitative estimate of drug-likeness (QED) is 0.875. The second-order valence-corrected chi connectivity index (χ2v) is 4.97. The van der Waals surface area contributed by atoms with Gasteiger partial charge in [0.1, 0.15) is 0 Å². The van der Waals surface area contributed by atoms with Crippen LogP contribution >= 0.6 is 0 Å². The molecule has 0 spiro atoms. The molecule has 2 aromatic carbocycles. The molecule has 104 valence electrons. The summed E-state index contributed by atoms with van der Waals surface area (Å²) < 4.78 is 0. The van der Waals surface area contributed by atoms with E-state index in [1.807, 2.05) is 49.4 Å². The summed E-state index contributed by atoms with van der Waals surface area (Å²) in [4.78, 5) is 12.1. The smallest absolute Gasteiger partial charge is 0.251 e. The first-order valence-electron chi connectivity index (χ1n) is 6.83. The lowest BCUT2D eigenvalue weighted by atomic mass is 10.1. The molecule has 2 aromatic rings. The summed E-state index contributed by atoms with van der Waals surface area (Å²) in [5.74, 6) is -0.0444. The number of carbonyl (C=O) groups is 1. The monoisotopic (exact) mass is 268 g/mol. The Kier molecular flexibility index (Phi) is 4.91. The van der Waals surface area contributed by atoms with Gasteiger partial charge in [-0.2, -0.15) is 0 Å². The molecule has 3 nitrogen and oxygen atoms in total. The molecule has 2 rings (SSSR count). The van der Waals surface area contributed by atoms with Crippen molar-refractivity contribution >= 4 is 5.91 Å². The molecule has 0 saturated heterocycles. The van der Waals surface area contributed by atoms with Crippen molar-refractivity contribution in [3.63, 3.8) is 0 Å². The molecule has 0 radical (unpaired) electrons. The Morgan fingerprint density at radius 2 is 1.70 bits per heavy atom. The van der Waals surface area contributed by atoms with Crippen LogP contribution in [0.4, 0.5) is 0 Å². The Hall–Kier alpha value is -2.13. The Morgan fingerprint density at radius 3 is 2.30 bits per heavy atom. The summed E-state index contributed by atoms with van der Waals surface area (Å²) in [5, 5.41) is 3.01. The topological polar surface area (TPSA) is 55.1 Å². The highest BCUT2D eigenvalue weighted by Gasteiger charge is 2.10. The van der Waals surface area contributed by atoms with Crippen molar-refractivity contribution in [2.24, 2.45) is 5.73 Å². The highest BCUT2D eigenvalue weighted by molar-refractivity contribution is 5.94. The average Bonchev–Trinajstić information content (AvgIpc) is 2.48.